The fourth-order valence-corrected chi connectivity index (χ4v) is 1.34. The summed E-state index contributed by atoms with van der Waals surface area (Å²) in [5.41, 5.74) is 5.24. The Hall–Kier alpha value is -0.0400. The number of rotatable bonds is 4. The van der Waals surface area contributed by atoms with Crippen LogP contribution in [0.5, 0.6) is 0 Å². The van der Waals surface area contributed by atoms with Gasteiger partial charge in [0.25, 0.3) is 0 Å². The highest BCUT2D eigenvalue weighted by molar-refractivity contribution is 8.13. The Bertz CT molecular complexity index is 253. The topological polar surface area (TPSA) is 86.5 Å². The zero-order valence-corrected chi connectivity index (χ0v) is 9.29. The SMILES string of the molecule is COC(=O)C(N)CCS(=O)(=O)Cl.Cl. The van der Waals surface area contributed by atoms with E-state index < -0.39 is 21.1 Å². The fourth-order valence-electron chi connectivity index (χ4n) is 0.537. The zero-order valence-electron chi connectivity index (χ0n) is 6.90. The lowest BCUT2D eigenvalue weighted by Gasteiger charge is -2.06. The van der Waals surface area contributed by atoms with E-state index in [2.05, 4.69) is 4.74 Å². The van der Waals surface area contributed by atoms with Crippen LogP contribution in [0.3, 0.4) is 0 Å². The summed E-state index contributed by atoms with van der Waals surface area (Å²) in [6, 6.07) is -0.927. The molecule has 0 saturated carbocycles. The molecule has 0 aromatic heterocycles. The van der Waals surface area contributed by atoms with Crippen LogP contribution in [0.4, 0.5) is 0 Å². The van der Waals surface area contributed by atoms with Crippen LogP contribution < -0.4 is 5.73 Å². The lowest BCUT2D eigenvalue weighted by Crippen LogP contribution is -2.33. The number of hydrogen-bond acceptors (Lipinski definition) is 5. The average molecular weight is 252 g/mol. The van der Waals surface area contributed by atoms with E-state index in [0.717, 1.165) is 0 Å². The molecule has 0 bridgehead atoms. The number of carbonyl (C=O) groups excluding carboxylic acids is 1. The summed E-state index contributed by atoms with van der Waals surface area (Å²) in [5, 5.41) is 0. The van der Waals surface area contributed by atoms with Crippen LogP contribution in [0, 0.1) is 0 Å². The Morgan fingerprint density at radius 3 is 2.38 bits per heavy atom. The van der Waals surface area contributed by atoms with Gasteiger partial charge in [0.1, 0.15) is 6.04 Å². The normalized spacial score (nSPS) is 12.8. The van der Waals surface area contributed by atoms with Gasteiger partial charge in [0.05, 0.1) is 12.9 Å². The van der Waals surface area contributed by atoms with Crippen LogP contribution in [0.2, 0.25) is 0 Å². The van der Waals surface area contributed by atoms with Crippen LogP contribution >= 0.6 is 23.1 Å². The van der Waals surface area contributed by atoms with Gasteiger partial charge in [-0.2, -0.15) is 0 Å². The minimum atomic E-state index is -3.58. The first-order chi connectivity index (χ1) is 5.37. The van der Waals surface area contributed by atoms with Crippen molar-refractivity contribution in [2.24, 2.45) is 5.73 Å². The van der Waals surface area contributed by atoms with Gasteiger partial charge in [0, 0.05) is 10.7 Å². The van der Waals surface area contributed by atoms with E-state index in [4.69, 9.17) is 16.4 Å². The van der Waals surface area contributed by atoms with E-state index in [0.29, 0.717) is 0 Å². The maximum absolute atomic E-state index is 10.6. The Morgan fingerprint density at radius 2 is 2.08 bits per heavy atom. The number of halogens is 2. The van der Waals surface area contributed by atoms with Gasteiger partial charge in [-0.1, -0.05) is 0 Å². The van der Waals surface area contributed by atoms with Crippen molar-refractivity contribution >= 4 is 38.1 Å². The second-order valence-corrected chi connectivity index (χ2v) is 5.06. The van der Waals surface area contributed by atoms with Crippen molar-refractivity contribution in [3.8, 4) is 0 Å². The van der Waals surface area contributed by atoms with E-state index in [1.807, 2.05) is 0 Å². The molecule has 0 radical (unpaired) electrons. The van der Waals surface area contributed by atoms with E-state index in [-0.39, 0.29) is 24.6 Å². The zero-order chi connectivity index (χ0) is 9.78. The second-order valence-electron chi connectivity index (χ2n) is 2.16. The molecule has 1 unspecified atom stereocenters. The molecule has 0 rings (SSSR count). The summed E-state index contributed by atoms with van der Waals surface area (Å²) < 4.78 is 25.1. The lowest BCUT2D eigenvalue weighted by molar-refractivity contribution is -0.142. The van der Waals surface area contributed by atoms with Gasteiger partial charge in [-0.25, -0.2) is 8.42 Å². The summed E-state index contributed by atoms with van der Waals surface area (Å²) in [5.74, 6) is -0.972. The third-order valence-corrected chi connectivity index (χ3v) is 2.36. The first-order valence-corrected chi connectivity index (χ1v) is 5.60. The highest BCUT2D eigenvalue weighted by Crippen LogP contribution is 2.01. The predicted molar refractivity (Wildman–Crippen MR) is 51.5 cm³/mol. The molecule has 0 heterocycles. The number of carbonyl (C=O) groups is 1. The molecule has 8 heteroatoms. The Labute approximate surface area is 87.4 Å². The Morgan fingerprint density at radius 1 is 1.62 bits per heavy atom. The molecule has 0 aliphatic rings. The smallest absolute Gasteiger partial charge is 0.322 e. The van der Waals surface area contributed by atoms with Crippen LogP contribution in [-0.2, 0) is 18.6 Å². The van der Waals surface area contributed by atoms with E-state index >= 15 is 0 Å². The molecule has 0 saturated heterocycles. The maximum atomic E-state index is 10.6. The highest BCUT2D eigenvalue weighted by Gasteiger charge is 2.16. The van der Waals surface area contributed by atoms with Crippen molar-refractivity contribution in [1.29, 1.82) is 0 Å². The molecule has 0 aliphatic heterocycles. The summed E-state index contributed by atoms with van der Waals surface area (Å²) in [6.07, 6.45) is -0.0293. The first kappa shape index (κ1) is 15.4. The largest absolute Gasteiger partial charge is 0.468 e. The molecular formula is C5H11Cl2NO4S. The minimum absolute atomic E-state index is 0. The molecule has 2 N–H and O–H groups in total. The summed E-state index contributed by atoms with van der Waals surface area (Å²) in [7, 11) is 2.49. The quantitative estimate of drug-likeness (QED) is 0.556. The van der Waals surface area contributed by atoms with Crippen LogP contribution in [0.15, 0.2) is 0 Å². The van der Waals surface area contributed by atoms with Gasteiger partial charge >= 0.3 is 5.97 Å². The monoisotopic (exact) mass is 251 g/mol. The molecule has 0 fully saturated rings. The van der Waals surface area contributed by atoms with Crippen LogP contribution in [0.1, 0.15) is 6.42 Å². The van der Waals surface area contributed by atoms with E-state index in [9.17, 15) is 13.2 Å². The standard InChI is InChI=1S/C5H10ClNO4S.ClH/c1-11-5(8)4(7)2-3-12(6,9)10;/h4H,2-3,7H2,1H3;1H. The molecule has 13 heavy (non-hydrogen) atoms. The van der Waals surface area contributed by atoms with Crippen molar-refractivity contribution in [3.05, 3.63) is 0 Å². The second kappa shape index (κ2) is 6.42. The lowest BCUT2D eigenvalue weighted by atomic mass is 10.2. The van der Waals surface area contributed by atoms with Crippen molar-refractivity contribution in [2.45, 2.75) is 12.5 Å². The van der Waals surface area contributed by atoms with Crippen molar-refractivity contribution in [1.82, 2.24) is 0 Å². The van der Waals surface area contributed by atoms with Gasteiger partial charge in [-0.15, -0.1) is 12.4 Å². The van der Waals surface area contributed by atoms with Gasteiger partial charge < -0.3 is 10.5 Å². The van der Waals surface area contributed by atoms with Gasteiger partial charge in [0.2, 0.25) is 9.05 Å². The highest BCUT2D eigenvalue weighted by atomic mass is 35.7. The molecule has 5 nitrogen and oxygen atoms in total. The van der Waals surface area contributed by atoms with Gasteiger partial charge in [-0.3, -0.25) is 4.79 Å². The molecule has 0 aromatic rings. The van der Waals surface area contributed by atoms with Gasteiger partial charge in [-0.05, 0) is 6.42 Å². The Balaban J connectivity index is 0. The fraction of sp³-hybridized carbons (Fsp3) is 0.800. The third kappa shape index (κ3) is 8.29. The maximum Gasteiger partial charge on any atom is 0.322 e. The molecular weight excluding hydrogens is 241 g/mol. The molecule has 1 atom stereocenters. The van der Waals surface area contributed by atoms with Crippen LogP contribution in [0.25, 0.3) is 0 Å². The van der Waals surface area contributed by atoms with Crippen molar-refractivity contribution in [3.63, 3.8) is 0 Å². The van der Waals surface area contributed by atoms with E-state index in [1.165, 1.54) is 7.11 Å². The summed E-state index contributed by atoms with van der Waals surface area (Å²) >= 11 is 0. The molecule has 0 aliphatic carbocycles. The molecule has 0 aromatic carbocycles. The van der Waals surface area contributed by atoms with E-state index in [1.54, 1.807) is 0 Å². The number of ether oxygens (including phenoxy) is 1. The Kier molecular flexibility index (Phi) is 7.62. The van der Waals surface area contributed by atoms with Crippen LogP contribution in [-0.4, -0.2) is 33.3 Å². The van der Waals surface area contributed by atoms with Crippen molar-refractivity contribution < 1.29 is 17.9 Å². The first-order valence-electron chi connectivity index (χ1n) is 3.12. The van der Waals surface area contributed by atoms with Gasteiger partial charge in [0.15, 0.2) is 0 Å². The third-order valence-electron chi connectivity index (χ3n) is 1.18. The summed E-state index contributed by atoms with van der Waals surface area (Å²) in [6.45, 7) is 0. The molecule has 80 valence electrons. The number of methoxy groups -OCH3 is 1. The summed E-state index contributed by atoms with van der Waals surface area (Å²) in [4.78, 5) is 10.6. The average Bonchev–Trinajstić information content (AvgIpc) is 1.97. The molecule has 0 spiro atoms. The number of hydrogen-bond donors (Lipinski definition) is 1. The molecule has 0 amide bonds. The number of esters is 1. The minimum Gasteiger partial charge on any atom is -0.468 e. The number of nitrogens with two attached hydrogens (primary N) is 1. The van der Waals surface area contributed by atoms with Crippen molar-refractivity contribution in [2.75, 3.05) is 12.9 Å². The predicted octanol–water partition coefficient (Wildman–Crippen LogP) is -0.133.